The number of benzene rings is 1. The van der Waals surface area contributed by atoms with Crippen molar-refractivity contribution in [1.29, 1.82) is 0 Å². The summed E-state index contributed by atoms with van der Waals surface area (Å²) < 4.78 is 5.18. The van der Waals surface area contributed by atoms with Crippen LogP contribution in [0.1, 0.15) is 36.2 Å². The first kappa shape index (κ1) is 14.5. The van der Waals surface area contributed by atoms with Gasteiger partial charge < -0.3 is 9.84 Å². The average Bonchev–Trinajstić information content (AvgIpc) is 2.46. The second-order valence-electron chi connectivity index (χ2n) is 6.52. The minimum absolute atomic E-state index is 0.0454. The van der Waals surface area contributed by atoms with Gasteiger partial charge in [0.15, 0.2) is 5.78 Å². The minimum atomic E-state index is -0.0732. The third-order valence-corrected chi connectivity index (χ3v) is 5.53. The molecule has 1 saturated heterocycles. The lowest BCUT2D eigenvalue weighted by Crippen LogP contribution is -2.61. The Morgan fingerprint density at radius 1 is 1.48 bits per heavy atom. The first-order valence-electron chi connectivity index (χ1n) is 7.59. The molecule has 21 heavy (non-hydrogen) atoms. The molecule has 1 aliphatic carbocycles. The molecular formula is C17H23NO3. The van der Waals surface area contributed by atoms with Crippen LogP contribution in [0.2, 0.25) is 0 Å². The predicted octanol–water partition coefficient (Wildman–Crippen LogP) is 2.20. The van der Waals surface area contributed by atoms with Gasteiger partial charge in [0.2, 0.25) is 0 Å². The van der Waals surface area contributed by atoms with Gasteiger partial charge in [-0.3, -0.25) is 9.69 Å². The lowest BCUT2D eigenvalue weighted by Gasteiger charge is -2.53. The molecule has 114 valence electrons. The number of rotatable bonds is 3. The molecule has 1 unspecified atom stereocenters. The number of aromatic hydroxyl groups is 1. The summed E-state index contributed by atoms with van der Waals surface area (Å²) in [6.45, 7) is 6.73. The molecule has 1 N–H and O–H groups in total. The highest BCUT2D eigenvalue weighted by Gasteiger charge is 2.52. The Hall–Kier alpha value is -1.39. The van der Waals surface area contributed by atoms with E-state index in [1.54, 1.807) is 25.3 Å². The molecule has 1 aliphatic heterocycles. The third kappa shape index (κ3) is 2.09. The predicted molar refractivity (Wildman–Crippen MR) is 80.8 cm³/mol. The SMILES string of the molecule is COCCN1CC[C@@]2(C)c3cc(O)ccc3C(=O)C1[C@@H]2C. The van der Waals surface area contributed by atoms with Crippen molar-refractivity contribution in [1.82, 2.24) is 4.90 Å². The van der Waals surface area contributed by atoms with Crippen LogP contribution in [-0.4, -0.2) is 48.6 Å². The van der Waals surface area contributed by atoms with E-state index in [1.165, 1.54) is 0 Å². The van der Waals surface area contributed by atoms with Crippen molar-refractivity contribution in [3.05, 3.63) is 29.3 Å². The van der Waals surface area contributed by atoms with Crippen LogP contribution in [-0.2, 0) is 10.2 Å². The Bertz CT molecular complexity index is 571. The van der Waals surface area contributed by atoms with E-state index in [2.05, 4.69) is 18.7 Å². The van der Waals surface area contributed by atoms with E-state index in [4.69, 9.17) is 4.74 Å². The molecule has 1 aromatic rings. The number of carbonyl (C=O) groups is 1. The lowest BCUT2D eigenvalue weighted by molar-refractivity contribution is 0.0179. The maximum Gasteiger partial charge on any atom is 0.180 e. The summed E-state index contributed by atoms with van der Waals surface area (Å²) in [6, 6.07) is 5.11. The number of phenolic OH excluding ortho intramolecular Hbond substituents is 1. The molecule has 0 radical (unpaired) electrons. The zero-order chi connectivity index (χ0) is 15.2. The molecule has 3 rings (SSSR count). The summed E-state index contributed by atoms with van der Waals surface area (Å²) in [7, 11) is 1.69. The zero-order valence-corrected chi connectivity index (χ0v) is 12.9. The van der Waals surface area contributed by atoms with E-state index in [-0.39, 0.29) is 28.9 Å². The van der Waals surface area contributed by atoms with Crippen molar-refractivity contribution >= 4 is 5.78 Å². The van der Waals surface area contributed by atoms with E-state index in [1.807, 2.05) is 0 Å². The summed E-state index contributed by atoms with van der Waals surface area (Å²) in [4.78, 5) is 15.2. The van der Waals surface area contributed by atoms with Gasteiger partial charge in [0.25, 0.3) is 0 Å². The van der Waals surface area contributed by atoms with Crippen LogP contribution in [0.3, 0.4) is 0 Å². The number of ether oxygens (including phenoxy) is 1. The van der Waals surface area contributed by atoms with Gasteiger partial charge >= 0.3 is 0 Å². The number of likely N-dealkylation sites (tertiary alicyclic amines) is 1. The summed E-state index contributed by atoms with van der Waals surface area (Å²) >= 11 is 0. The van der Waals surface area contributed by atoms with Crippen LogP contribution < -0.4 is 0 Å². The highest BCUT2D eigenvalue weighted by Crippen LogP contribution is 2.49. The van der Waals surface area contributed by atoms with E-state index in [0.717, 1.165) is 30.6 Å². The fourth-order valence-electron chi connectivity index (χ4n) is 4.02. The maximum atomic E-state index is 12.9. The van der Waals surface area contributed by atoms with Crippen LogP contribution in [0.5, 0.6) is 5.75 Å². The molecule has 1 heterocycles. The molecule has 2 bridgehead atoms. The number of piperidine rings is 1. The molecule has 3 atom stereocenters. The van der Waals surface area contributed by atoms with Crippen molar-refractivity contribution in [2.24, 2.45) is 5.92 Å². The number of carbonyl (C=O) groups excluding carboxylic acids is 1. The van der Waals surface area contributed by atoms with Crippen LogP contribution in [0.4, 0.5) is 0 Å². The van der Waals surface area contributed by atoms with Gasteiger partial charge in [-0.1, -0.05) is 13.8 Å². The summed E-state index contributed by atoms with van der Waals surface area (Å²) in [5.74, 6) is 0.672. The van der Waals surface area contributed by atoms with Gasteiger partial charge in [0.1, 0.15) is 5.75 Å². The van der Waals surface area contributed by atoms with Crippen molar-refractivity contribution in [3.63, 3.8) is 0 Å². The van der Waals surface area contributed by atoms with Crippen molar-refractivity contribution in [3.8, 4) is 5.75 Å². The number of fused-ring (bicyclic) bond motifs is 4. The lowest BCUT2D eigenvalue weighted by atomic mass is 9.58. The fourth-order valence-corrected chi connectivity index (χ4v) is 4.02. The Labute approximate surface area is 125 Å². The Morgan fingerprint density at radius 3 is 2.95 bits per heavy atom. The number of nitrogens with zero attached hydrogens (tertiary/aromatic N) is 1. The molecule has 1 aromatic carbocycles. The molecule has 0 saturated carbocycles. The monoisotopic (exact) mass is 289 g/mol. The number of ketones is 1. The van der Waals surface area contributed by atoms with Crippen molar-refractivity contribution < 1.29 is 14.6 Å². The largest absolute Gasteiger partial charge is 0.508 e. The number of Topliss-reactive ketones (excluding diaryl/α,β-unsaturated/α-hetero) is 1. The first-order valence-corrected chi connectivity index (χ1v) is 7.59. The molecule has 2 aliphatic rings. The van der Waals surface area contributed by atoms with Crippen LogP contribution >= 0.6 is 0 Å². The molecular weight excluding hydrogens is 266 g/mol. The van der Waals surface area contributed by atoms with Crippen LogP contribution in [0.15, 0.2) is 18.2 Å². The Morgan fingerprint density at radius 2 is 2.24 bits per heavy atom. The highest BCUT2D eigenvalue weighted by atomic mass is 16.5. The minimum Gasteiger partial charge on any atom is -0.508 e. The van der Waals surface area contributed by atoms with Crippen molar-refractivity contribution in [2.45, 2.75) is 31.7 Å². The van der Waals surface area contributed by atoms with Gasteiger partial charge in [0, 0.05) is 19.2 Å². The summed E-state index contributed by atoms with van der Waals surface area (Å²) in [5.41, 5.74) is 1.75. The van der Waals surface area contributed by atoms with Crippen LogP contribution in [0, 0.1) is 5.92 Å². The highest BCUT2D eigenvalue weighted by molar-refractivity contribution is 6.03. The van der Waals surface area contributed by atoms with E-state index < -0.39 is 0 Å². The second kappa shape index (κ2) is 5.11. The quantitative estimate of drug-likeness (QED) is 0.927. The van der Waals surface area contributed by atoms with Gasteiger partial charge in [-0.25, -0.2) is 0 Å². The van der Waals surface area contributed by atoms with E-state index in [0.29, 0.717) is 6.61 Å². The number of phenols is 1. The van der Waals surface area contributed by atoms with E-state index >= 15 is 0 Å². The Kier molecular flexibility index (Phi) is 3.54. The molecule has 4 heteroatoms. The molecule has 4 nitrogen and oxygen atoms in total. The van der Waals surface area contributed by atoms with Gasteiger partial charge in [-0.05, 0) is 48.1 Å². The topological polar surface area (TPSA) is 49.8 Å². The molecule has 1 fully saturated rings. The summed E-state index contributed by atoms with van der Waals surface area (Å²) in [5, 5.41) is 9.80. The third-order valence-electron chi connectivity index (χ3n) is 5.53. The van der Waals surface area contributed by atoms with Crippen LogP contribution in [0.25, 0.3) is 0 Å². The van der Waals surface area contributed by atoms with E-state index in [9.17, 15) is 9.90 Å². The molecule has 0 aromatic heterocycles. The van der Waals surface area contributed by atoms with Crippen molar-refractivity contribution in [2.75, 3.05) is 26.8 Å². The molecule has 0 amide bonds. The smallest absolute Gasteiger partial charge is 0.180 e. The maximum absolute atomic E-state index is 12.9. The standard InChI is InChI=1S/C17H23NO3/c1-11-15-16(20)13-5-4-12(19)10-14(13)17(11,2)6-7-18(15)8-9-21-3/h4-5,10-11,15,19H,6-9H2,1-3H3/t11-,15?,17+/m0/s1. The van der Waals surface area contributed by atoms with Gasteiger partial charge in [-0.15, -0.1) is 0 Å². The first-order chi connectivity index (χ1) is 9.99. The average molecular weight is 289 g/mol. The normalized spacial score (nSPS) is 32.0. The fraction of sp³-hybridized carbons (Fsp3) is 0.588. The van der Waals surface area contributed by atoms with Gasteiger partial charge in [0.05, 0.1) is 12.6 Å². The van der Waals surface area contributed by atoms with Gasteiger partial charge in [-0.2, -0.15) is 0 Å². The number of methoxy groups -OCH3 is 1. The summed E-state index contributed by atoms with van der Waals surface area (Å²) in [6.07, 6.45) is 0.998. The number of hydrogen-bond acceptors (Lipinski definition) is 4. The number of hydrogen-bond donors (Lipinski definition) is 1. The molecule has 0 spiro atoms. The second-order valence-corrected chi connectivity index (χ2v) is 6.52. The Balaban J connectivity index is 2.05. The zero-order valence-electron chi connectivity index (χ0n) is 12.9.